The monoisotopic (exact) mass is 1280 g/mol. The first kappa shape index (κ1) is 69.8. The summed E-state index contributed by atoms with van der Waals surface area (Å²) < 4.78 is 13.1. The van der Waals surface area contributed by atoms with Crippen LogP contribution in [0.5, 0.6) is 23.0 Å². The van der Waals surface area contributed by atoms with Crippen LogP contribution < -0.4 is 53.4 Å². The first-order chi connectivity index (χ1) is 43.4. The number of carbonyl (C=O) groups is 8. The molecule has 0 saturated heterocycles. The fraction of sp³-hybridized carbons (Fsp3) is 0.476. The Labute approximate surface area is 533 Å². The lowest BCUT2D eigenvalue weighted by atomic mass is 9.70. The number of aromatic hydroxyl groups is 4. The molecule has 3 unspecified atom stereocenters. The number of carbonyl (C=O) groups excluding carboxylic acids is 8. The van der Waals surface area contributed by atoms with Crippen LogP contribution >= 0.6 is 12.2 Å². The minimum atomic E-state index is -0.720. The number of nitrogens with one attached hydrogen (secondary N) is 10. The lowest BCUT2D eigenvalue weighted by molar-refractivity contribution is 0.0864. The molecule has 26 nitrogen and oxygen atoms in total. The molecule has 12 bridgehead atoms. The zero-order chi connectivity index (χ0) is 65.8. The Bertz CT molecular complexity index is 3210. The van der Waals surface area contributed by atoms with E-state index >= 15 is 0 Å². The van der Waals surface area contributed by atoms with Gasteiger partial charge < -0.3 is 68.3 Å². The Morgan fingerprint density at radius 3 is 0.989 bits per heavy atom. The van der Waals surface area contributed by atoms with Crippen molar-refractivity contribution in [2.24, 2.45) is 10.8 Å². The number of phenols is 4. The number of benzene rings is 4. The van der Waals surface area contributed by atoms with Gasteiger partial charge in [-0.05, 0) is 90.8 Å². The van der Waals surface area contributed by atoms with Gasteiger partial charge in [0, 0.05) is 137 Å². The summed E-state index contributed by atoms with van der Waals surface area (Å²) in [4.78, 5) is 120. The van der Waals surface area contributed by atoms with E-state index in [4.69, 9.17) is 12.2 Å². The fourth-order valence-electron chi connectivity index (χ4n) is 11.9. The van der Waals surface area contributed by atoms with Gasteiger partial charge in [-0.15, -0.1) is 4.48 Å². The number of hydrogen-bond donors (Lipinski definition) is 14. The first-order valence-corrected chi connectivity index (χ1v) is 30.9. The van der Waals surface area contributed by atoms with E-state index < -0.39 is 81.7 Å². The highest BCUT2D eigenvalue weighted by molar-refractivity contribution is 7.80. The average Bonchev–Trinajstić information content (AvgIpc) is 1.20. The van der Waals surface area contributed by atoms with Crippen LogP contribution in [-0.4, -0.2) is 229 Å². The molecule has 492 valence electrons. The van der Waals surface area contributed by atoms with Crippen LogP contribution in [0.2, 0.25) is 0 Å². The van der Waals surface area contributed by atoms with Crippen molar-refractivity contribution in [3.8, 4) is 23.0 Å². The molecule has 14 N–H and O–H groups in total. The normalized spacial score (nSPS) is 21.4. The van der Waals surface area contributed by atoms with Gasteiger partial charge in [0.1, 0.15) is 23.0 Å². The summed E-state index contributed by atoms with van der Waals surface area (Å²) in [5.74, 6) is -7.58. The van der Waals surface area contributed by atoms with Crippen LogP contribution in [0.3, 0.4) is 0 Å². The molecule has 0 saturated carbocycles. The fourth-order valence-corrected chi connectivity index (χ4v) is 12.0. The van der Waals surface area contributed by atoms with Crippen molar-refractivity contribution in [1.29, 1.82) is 0 Å². The molecule has 3 atom stereocenters. The SMILES string of the molecule is CC(C)(CCNC(=S)NF)CC(C)(C)CC1CN2CCNC(=O)c3cccc(c3O)C(=O)NCCN(CCNC(=O)c3cccc(c3O)C(=O)N1)CCN1CCNC(=O)c3cccc(c3O)C(=O)NCCN(CCNC(=O)c3cccc(c3O)C(=O)NCC1)CC2. The number of halogens is 1. The summed E-state index contributed by atoms with van der Waals surface area (Å²) >= 11 is 4.97. The summed E-state index contributed by atoms with van der Waals surface area (Å²) in [6, 6.07) is 16.3. The van der Waals surface area contributed by atoms with E-state index in [2.05, 4.69) is 61.7 Å². The van der Waals surface area contributed by atoms with Crippen molar-refractivity contribution in [2.45, 2.75) is 53.0 Å². The molecule has 8 rings (SSSR count). The van der Waals surface area contributed by atoms with Crippen LogP contribution in [0.1, 0.15) is 130 Å². The molecule has 28 heteroatoms. The Kier molecular flexibility index (Phi) is 25.2. The summed E-state index contributed by atoms with van der Waals surface area (Å²) in [5.41, 5.74) is -0.755. The smallest absolute Gasteiger partial charge is 0.255 e. The second-order valence-corrected chi connectivity index (χ2v) is 24.8. The first-order valence-electron chi connectivity index (χ1n) is 30.5. The molecule has 0 radical (unpaired) electrons. The van der Waals surface area contributed by atoms with Crippen LogP contribution in [0.25, 0.3) is 0 Å². The molecular weight excluding hydrogens is 1200 g/mol. The third kappa shape index (κ3) is 20.1. The van der Waals surface area contributed by atoms with Gasteiger partial charge in [0.25, 0.3) is 47.3 Å². The minimum Gasteiger partial charge on any atom is -0.506 e. The third-order valence-electron chi connectivity index (χ3n) is 16.3. The maximum atomic E-state index is 14.8. The molecule has 0 spiro atoms. The quantitative estimate of drug-likeness (QED) is 0.0924. The molecule has 4 aliphatic rings. The number of fused-ring (bicyclic) bond motifs is 16. The maximum Gasteiger partial charge on any atom is 0.255 e. The highest BCUT2D eigenvalue weighted by Gasteiger charge is 2.34. The Morgan fingerprint density at radius 2 is 0.703 bits per heavy atom. The molecule has 4 heterocycles. The number of amides is 8. The van der Waals surface area contributed by atoms with Gasteiger partial charge in [-0.2, -0.15) is 5.54 Å². The lowest BCUT2D eigenvalue weighted by Gasteiger charge is -2.39. The molecule has 4 aromatic carbocycles. The lowest BCUT2D eigenvalue weighted by Crippen LogP contribution is -2.50. The molecule has 0 aliphatic carbocycles. The summed E-state index contributed by atoms with van der Waals surface area (Å²) in [6.07, 6.45) is 1.50. The van der Waals surface area contributed by atoms with Gasteiger partial charge in [0.15, 0.2) is 5.11 Å². The van der Waals surface area contributed by atoms with Crippen LogP contribution in [0.15, 0.2) is 72.8 Å². The van der Waals surface area contributed by atoms with Gasteiger partial charge >= 0.3 is 0 Å². The number of thiocarbonyl (C=S) groups is 1. The number of phenolic OH excluding ortho intramolecular Hbond substituents is 4. The molecule has 8 amide bonds. The van der Waals surface area contributed by atoms with E-state index in [9.17, 15) is 63.3 Å². The topological polar surface area (TPSA) is 351 Å². The van der Waals surface area contributed by atoms with Crippen molar-refractivity contribution in [1.82, 2.24) is 73.0 Å². The van der Waals surface area contributed by atoms with E-state index in [1.807, 2.05) is 33.4 Å². The predicted octanol–water partition coefficient (Wildman–Crippen LogP) is 1.64. The van der Waals surface area contributed by atoms with Gasteiger partial charge in [0.2, 0.25) is 0 Å². The Morgan fingerprint density at radius 1 is 0.440 bits per heavy atom. The zero-order valence-electron chi connectivity index (χ0n) is 51.9. The van der Waals surface area contributed by atoms with E-state index in [0.29, 0.717) is 25.8 Å². The van der Waals surface area contributed by atoms with Crippen molar-refractivity contribution >= 4 is 64.6 Å². The van der Waals surface area contributed by atoms with Crippen molar-refractivity contribution in [2.75, 3.05) is 131 Å². The van der Waals surface area contributed by atoms with Gasteiger partial charge in [0.05, 0.1) is 44.5 Å². The third-order valence-corrected chi connectivity index (χ3v) is 16.5. The number of nitrogens with zero attached hydrogens (tertiary/aromatic N) is 4. The van der Waals surface area contributed by atoms with Crippen molar-refractivity contribution < 1.29 is 63.3 Å². The number of hydrogen-bond acceptors (Lipinski definition) is 17. The van der Waals surface area contributed by atoms with Crippen LogP contribution in [-0.2, 0) is 0 Å². The molecular formula is C63H85FN14O12S. The van der Waals surface area contributed by atoms with Gasteiger partial charge in [-0.25, -0.2) is 0 Å². The van der Waals surface area contributed by atoms with Crippen molar-refractivity contribution in [3.05, 3.63) is 117 Å². The number of rotatable bonds is 7. The van der Waals surface area contributed by atoms with Crippen LogP contribution in [0, 0.1) is 10.8 Å². The highest BCUT2D eigenvalue weighted by Crippen LogP contribution is 2.39. The number of para-hydroxylation sites is 4. The average molecular weight is 1280 g/mol. The second kappa shape index (κ2) is 32.9. The van der Waals surface area contributed by atoms with Crippen molar-refractivity contribution in [3.63, 3.8) is 0 Å². The zero-order valence-corrected chi connectivity index (χ0v) is 52.7. The van der Waals surface area contributed by atoms with Gasteiger partial charge in [-0.3, -0.25) is 58.0 Å². The standard InChI is InChI=1S/C63H85FN14O12S/c1-62(2,17-18-72-61(91)74-64)39-63(3,4)37-40-38-78-32-25-71-58(88)46-14-7-13-45(51(46)81)55(85)67-21-28-76(29-22-70-59(89)47-15-8-16-48(52(47)82)60(90)73-40)34-33-75-26-19-65-53(83)41-9-5-11-43(49(41)79)56(86)68-23-30-77(35-36-78)31-24-69-57(87)44-12-6-10-42(50(44)80)54(84)66-20-27-75/h5-16,40,79-82H,17-39H2,1-4H3,(H,65,83)(H,66,84)(H,67,85)(H,68,86)(H,69,87)(H,70,89)(H,71,88)(H,73,90)(H2,72,74,91). The van der Waals surface area contributed by atoms with Crippen LogP contribution in [0.4, 0.5) is 4.48 Å². The summed E-state index contributed by atoms with van der Waals surface area (Å²) in [5, 5.41) is 72.0. The molecule has 0 aromatic heterocycles. The largest absolute Gasteiger partial charge is 0.506 e. The Balaban J connectivity index is 1.34. The Hall–Kier alpha value is -8.70. The molecule has 91 heavy (non-hydrogen) atoms. The second-order valence-electron chi connectivity index (χ2n) is 24.4. The molecule has 4 aliphatic heterocycles. The summed E-state index contributed by atoms with van der Waals surface area (Å²) in [7, 11) is 0. The predicted molar refractivity (Wildman–Crippen MR) is 342 cm³/mol. The molecule has 4 aromatic rings. The van der Waals surface area contributed by atoms with E-state index in [1.165, 1.54) is 78.3 Å². The van der Waals surface area contributed by atoms with Gasteiger partial charge in [-0.1, -0.05) is 52.0 Å². The van der Waals surface area contributed by atoms with E-state index in [1.54, 1.807) is 0 Å². The highest BCUT2D eigenvalue weighted by atomic mass is 32.1. The van der Waals surface area contributed by atoms with E-state index in [-0.39, 0.29) is 179 Å². The minimum absolute atomic E-state index is 0.00316. The van der Waals surface area contributed by atoms with E-state index in [0.717, 1.165) is 0 Å². The maximum absolute atomic E-state index is 14.8. The molecule has 0 fully saturated rings. The summed E-state index contributed by atoms with van der Waals surface area (Å²) in [6.45, 7) is 10.5.